The first kappa shape index (κ1) is 15.7. The van der Waals surface area contributed by atoms with E-state index in [0.29, 0.717) is 0 Å². The van der Waals surface area contributed by atoms with E-state index in [1.54, 1.807) is 4.52 Å². The number of amides is 1. The van der Waals surface area contributed by atoms with Crippen molar-refractivity contribution in [1.29, 1.82) is 0 Å². The number of nitrogens with one attached hydrogen (secondary N) is 1. The van der Waals surface area contributed by atoms with Crippen LogP contribution in [0.3, 0.4) is 0 Å². The molecule has 1 aliphatic heterocycles. The van der Waals surface area contributed by atoms with E-state index in [4.69, 9.17) is 0 Å². The van der Waals surface area contributed by atoms with E-state index in [9.17, 15) is 4.79 Å². The predicted molar refractivity (Wildman–Crippen MR) is 88.4 cm³/mol. The van der Waals surface area contributed by atoms with Gasteiger partial charge in [-0.05, 0) is 45.2 Å². The first-order valence-electron chi connectivity index (χ1n) is 8.33. The molecule has 0 aromatic carbocycles. The lowest BCUT2D eigenvalue weighted by Gasteiger charge is -2.32. The summed E-state index contributed by atoms with van der Waals surface area (Å²) in [7, 11) is 0. The summed E-state index contributed by atoms with van der Waals surface area (Å²) in [6.07, 6.45) is 2.69. The standard InChI is InChI=1S/C16H24N6O/c1-4-11(2)17-16(23)13-7-9-21(10-8-13)15-6-5-14-19-18-12(3)22(14)20-15/h5-6,11,13H,4,7-10H2,1-3H3,(H,17,23). The van der Waals surface area contributed by atoms with Gasteiger partial charge < -0.3 is 10.2 Å². The minimum atomic E-state index is 0.112. The quantitative estimate of drug-likeness (QED) is 0.926. The molecule has 0 aliphatic carbocycles. The van der Waals surface area contributed by atoms with Gasteiger partial charge in [0.15, 0.2) is 11.5 Å². The highest BCUT2D eigenvalue weighted by Gasteiger charge is 2.26. The molecule has 1 N–H and O–H groups in total. The van der Waals surface area contributed by atoms with Crippen molar-refractivity contribution >= 4 is 17.4 Å². The Morgan fingerprint density at radius 3 is 2.78 bits per heavy atom. The Hall–Kier alpha value is -2.18. The van der Waals surface area contributed by atoms with E-state index in [-0.39, 0.29) is 17.9 Å². The molecule has 1 saturated heterocycles. The smallest absolute Gasteiger partial charge is 0.223 e. The molecule has 0 spiro atoms. The third kappa shape index (κ3) is 3.28. The number of fused-ring (bicyclic) bond motifs is 1. The van der Waals surface area contributed by atoms with E-state index in [2.05, 4.69) is 32.4 Å². The lowest BCUT2D eigenvalue weighted by Crippen LogP contribution is -2.43. The van der Waals surface area contributed by atoms with Crippen LogP contribution < -0.4 is 10.2 Å². The number of carbonyl (C=O) groups is 1. The highest BCUT2D eigenvalue weighted by molar-refractivity contribution is 5.79. The number of carbonyl (C=O) groups excluding carboxylic acids is 1. The molecule has 1 unspecified atom stereocenters. The van der Waals surface area contributed by atoms with Crippen LogP contribution >= 0.6 is 0 Å². The monoisotopic (exact) mass is 316 g/mol. The lowest BCUT2D eigenvalue weighted by molar-refractivity contribution is -0.126. The first-order chi connectivity index (χ1) is 11.1. The molecule has 1 amide bonds. The maximum atomic E-state index is 12.2. The van der Waals surface area contributed by atoms with Crippen molar-refractivity contribution in [3.05, 3.63) is 18.0 Å². The van der Waals surface area contributed by atoms with E-state index in [0.717, 1.165) is 49.6 Å². The second kappa shape index (κ2) is 6.52. The second-order valence-electron chi connectivity index (χ2n) is 6.29. The first-order valence-corrected chi connectivity index (χ1v) is 8.33. The Labute approximate surface area is 136 Å². The minimum Gasteiger partial charge on any atom is -0.355 e. The Balaban J connectivity index is 1.63. The third-order valence-corrected chi connectivity index (χ3v) is 4.60. The zero-order chi connectivity index (χ0) is 16.4. The van der Waals surface area contributed by atoms with Crippen molar-refractivity contribution in [2.45, 2.75) is 46.1 Å². The maximum Gasteiger partial charge on any atom is 0.223 e. The van der Waals surface area contributed by atoms with Crippen molar-refractivity contribution in [3.63, 3.8) is 0 Å². The zero-order valence-corrected chi connectivity index (χ0v) is 14.0. The van der Waals surface area contributed by atoms with E-state index >= 15 is 0 Å². The summed E-state index contributed by atoms with van der Waals surface area (Å²) in [6, 6.07) is 4.16. The normalized spacial score (nSPS) is 17.4. The molecular formula is C16H24N6O. The molecule has 0 radical (unpaired) electrons. The molecule has 7 heteroatoms. The SMILES string of the molecule is CCC(C)NC(=O)C1CCN(c2ccc3nnc(C)n3n2)CC1. The number of aromatic nitrogens is 4. The van der Waals surface area contributed by atoms with Crippen LogP contribution in [-0.2, 0) is 4.79 Å². The fourth-order valence-electron chi connectivity index (χ4n) is 2.89. The van der Waals surface area contributed by atoms with E-state index in [1.165, 1.54) is 0 Å². The summed E-state index contributed by atoms with van der Waals surface area (Å²) < 4.78 is 1.76. The van der Waals surface area contributed by atoms with Gasteiger partial charge in [0.25, 0.3) is 0 Å². The van der Waals surface area contributed by atoms with Gasteiger partial charge in [-0.15, -0.1) is 15.3 Å². The number of anilines is 1. The maximum absolute atomic E-state index is 12.2. The summed E-state index contributed by atoms with van der Waals surface area (Å²) in [5.74, 6) is 2.00. The minimum absolute atomic E-state index is 0.112. The summed E-state index contributed by atoms with van der Waals surface area (Å²) >= 11 is 0. The number of piperidine rings is 1. The topological polar surface area (TPSA) is 75.4 Å². The molecule has 23 heavy (non-hydrogen) atoms. The van der Waals surface area contributed by atoms with Gasteiger partial charge in [-0.1, -0.05) is 6.92 Å². The fraction of sp³-hybridized carbons (Fsp3) is 0.625. The highest BCUT2D eigenvalue weighted by Crippen LogP contribution is 2.22. The molecule has 124 valence electrons. The Bertz CT molecular complexity index is 689. The van der Waals surface area contributed by atoms with Crippen LogP contribution in [0.2, 0.25) is 0 Å². The van der Waals surface area contributed by atoms with Crippen molar-refractivity contribution in [2.75, 3.05) is 18.0 Å². The average Bonchev–Trinajstić information content (AvgIpc) is 2.95. The molecule has 1 atom stereocenters. The molecule has 0 saturated carbocycles. The number of rotatable bonds is 4. The Morgan fingerprint density at radius 1 is 1.35 bits per heavy atom. The third-order valence-electron chi connectivity index (χ3n) is 4.60. The van der Waals surface area contributed by atoms with Crippen LogP contribution in [0, 0.1) is 12.8 Å². The van der Waals surface area contributed by atoms with Gasteiger partial charge in [0.1, 0.15) is 5.82 Å². The van der Waals surface area contributed by atoms with Crippen molar-refractivity contribution in [3.8, 4) is 0 Å². The largest absolute Gasteiger partial charge is 0.355 e. The fourth-order valence-corrected chi connectivity index (χ4v) is 2.89. The van der Waals surface area contributed by atoms with Crippen LogP contribution in [0.5, 0.6) is 0 Å². The van der Waals surface area contributed by atoms with Crippen molar-refractivity contribution in [2.24, 2.45) is 5.92 Å². The Kier molecular flexibility index (Phi) is 4.45. The zero-order valence-electron chi connectivity index (χ0n) is 14.0. The number of aryl methyl sites for hydroxylation is 1. The van der Waals surface area contributed by atoms with Gasteiger partial charge in [-0.2, -0.15) is 4.52 Å². The molecule has 1 aliphatic rings. The van der Waals surface area contributed by atoms with Crippen molar-refractivity contribution in [1.82, 2.24) is 25.1 Å². The van der Waals surface area contributed by atoms with Crippen LogP contribution in [0.25, 0.3) is 5.65 Å². The second-order valence-corrected chi connectivity index (χ2v) is 6.29. The van der Waals surface area contributed by atoms with Crippen molar-refractivity contribution < 1.29 is 4.79 Å². The molecule has 2 aromatic rings. The summed E-state index contributed by atoms with van der Waals surface area (Å²) in [5.41, 5.74) is 0.758. The number of hydrogen-bond acceptors (Lipinski definition) is 5. The molecule has 3 rings (SSSR count). The van der Waals surface area contributed by atoms with E-state index in [1.807, 2.05) is 26.0 Å². The van der Waals surface area contributed by atoms with Gasteiger partial charge >= 0.3 is 0 Å². The molecule has 7 nitrogen and oxygen atoms in total. The molecule has 1 fully saturated rings. The predicted octanol–water partition coefficient (Wildman–Crippen LogP) is 1.56. The molecule has 0 bridgehead atoms. The summed E-state index contributed by atoms with van der Waals surface area (Å²) in [4.78, 5) is 14.5. The molecular weight excluding hydrogens is 292 g/mol. The lowest BCUT2D eigenvalue weighted by atomic mass is 9.95. The summed E-state index contributed by atoms with van der Waals surface area (Å²) in [5, 5.41) is 15.8. The number of hydrogen-bond donors (Lipinski definition) is 1. The van der Waals surface area contributed by atoms with E-state index < -0.39 is 0 Å². The number of nitrogens with zero attached hydrogens (tertiary/aromatic N) is 5. The van der Waals surface area contributed by atoms with Crippen LogP contribution in [0.1, 0.15) is 38.9 Å². The van der Waals surface area contributed by atoms with Gasteiger partial charge in [0.05, 0.1) is 0 Å². The molecule has 2 aromatic heterocycles. The van der Waals surface area contributed by atoms with Gasteiger partial charge in [-0.25, -0.2) is 0 Å². The van der Waals surface area contributed by atoms with Gasteiger partial charge in [0.2, 0.25) is 5.91 Å². The van der Waals surface area contributed by atoms with Gasteiger partial charge in [0, 0.05) is 25.0 Å². The van der Waals surface area contributed by atoms with Crippen LogP contribution in [0.4, 0.5) is 5.82 Å². The average molecular weight is 316 g/mol. The van der Waals surface area contributed by atoms with Gasteiger partial charge in [-0.3, -0.25) is 4.79 Å². The van der Waals surface area contributed by atoms with Crippen LogP contribution in [0.15, 0.2) is 12.1 Å². The highest BCUT2D eigenvalue weighted by atomic mass is 16.1. The summed E-state index contributed by atoms with van der Waals surface area (Å²) in [6.45, 7) is 7.72. The Morgan fingerprint density at radius 2 is 2.09 bits per heavy atom. The molecule has 3 heterocycles. The van der Waals surface area contributed by atoms with Crippen LogP contribution in [-0.4, -0.2) is 44.8 Å².